The van der Waals surface area contributed by atoms with Gasteiger partial charge in [-0.15, -0.1) is 0 Å². The van der Waals surface area contributed by atoms with Crippen LogP contribution in [-0.4, -0.2) is 29.5 Å². The number of hydrogen-bond acceptors (Lipinski definition) is 3. The molecule has 0 amide bonds. The fourth-order valence-electron chi connectivity index (χ4n) is 0.310. The topological polar surface area (TPSA) is 54.4 Å². The van der Waals surface area contributed by atoms with Crippen molar-refractivity contribution >= 4 is 33.0 Å². The molecule has 0 saturated heterocycles. The lowest BCUT2D eigenvalue weighted by Gasteiger charge is -2.19. The number of aliphatic hydroxyl groups is 1. The van der Waals surface area contributed by atoms with Crippen LogP contribution < -0.4 is 0 Å². The predicted molar refractivity (Wildman–Crippen MR) is 41.0 cm³/mol. The molecule has 0 saturated carbocycles. The molecule has 0 heterocycles. The Kier molecular flexibility index (Phi) is 2.99. The van der Waals surface area contributed by atoms with Crippen molar-refractivity contribution in [3.05, 3.63) is 0 Å². The fourth-order valence-corrected chi connectivity index (χ4v) is 0.929. The molecule has 1 atom stereocenters. The number of rotatable bonds is 2. The van der Waals surface area contributed by atoms with Crippen LogP contribution in [0.15, 0.2) is 0 Å². The quantitative estimate of drug-likeness (QED) is 0.672. The van der Waals surface area contributed by atoms with Crippen LogP contribution in [0.1, 0.15) is 6.92 Å². The molecule has 0 aliphatic carbocycles. The molecule has 0 unspecified atom stereocenters. The van der Waals surface area contributed by atoms with Crippen LogP contribution in [0, 0.1) is 0 Å². The van der Waals surface area contributed by atoms with Gasteiger partial charge >= 0.3 is 0 Å². The number of aliphatic hydroxyl groups excluding tert-OH is 1. The van der Waals surface area contributed by atoms with Crippen LogP contribution in [0.25, 0.3) is 0 Å². The summed E-state index contributed by atoms with van der Waals surface area (Å²) in [6, 6.07) is 0. The van der Waals surface area contributed by atoms with Crippen molar-refractivity contribution < 1.29 is 13.5 Å². The van der Waals surface area contributed by atoms with Crippen molar-refractivity contribution in [2.75, 3.05) is 6.26 Å². The summed E-state index contributed by atoms with van der Waals surface area (Å²) < 4.78 is 19.3. The molecule has 1 N–H and O–H groups in total. The van der Waals surface area contributed by atoms with Gasteiger partial charge in [0.25, 0.3) is 0 Å². The van der Waals surface area contributed by atoms with Gasteiger partial charge in [0, 0.05) is 6.26 Å². The van der Waals surface area contributed by atoms with Gasteiger partial charge in [-0.3, -0.25) is 0 Å². The number of hydrogen-bond donors (Lipinski definition) is 1. The largest absolute Gasteiger partial charge is 0.389 e. The maximum absolute atomic E-state index is 10.7. The molecule has 0 spiro atoms. The van der Waals surface area contributed by atoms with Crippen LogP contribution in [0.5, 0.6) is 0 Å². The van der Waals surface area contributed by atoms with Crippen molar-refractivity contribution in [2.24, 2.45) is 0 Å². The van der Waals surface area contributed by atoms with Gasteiger partial charge in [0.2, 0.25) is 3.67 Å². The summed E-state index contributed by atoms with van der Waals surface area (Å²) in [4.78, 5) is 0. The normalized spacial score (nSPS) is 16.9. The van der Waals surface area contributed by atoms with E-state index in [2.05, 4.69) is 0 Å². The van der Waals surface area contributed by atoms with Gasteiger partial charge in [-0.05, 0) is 6.92 Å². The van der Waals surface area contributed by atoms with E-state index in [0.717, 1.165) is 6.26 Å². The first-order chi connectivity index (χ1) is 4.19. The lowest BCUT2D eigenvalue weighted by atomic mass is 10.5. The van der Waals surface area contributed by atoms with E-state index in [1.807, 2.05) is 0 Å². The Morgan fingerprint density at radius 2 is 1.80 bits per heavy atom. The Hall–Kier alpha value is 0.490. The van der Waals surface area contributed by atoms with Crippen LogP contribution in [0.4, 0.5) is 0 Å². The second-order valence-electron chi connectivity index (χ2n) is 2.01. The highest BCUT2D eigenvalue weighted by molar-refractivity contribution is 7.95. The molecule has 0 bridgehead atoms. The number of halogens is 2. The summed E-state index contributed by atoms with van der Waals surface area (Å²) >= 11 is 10.5. The van der Waals surface area contributed by atoms with Gasteiger partial charge in [0.05, 0.1) is 6.10 Å². The molecule has 0 aromatic heterocycles. The lowest BCUT2D eigenvalue weighted by molar-refractivity contribution is 0.198. The zero-order valence-electron chi connectivity index (χ0n) is 5.51. The molecule has 62 valence electrons. The number of alkyl halides is 2. The number of sulfone groups is 1. The first-order valence-corrected chi connectivity index (χ1v) is 5.10. The second-order valence-corrected chi connectivity index (χ2v) is 6.03. The molecule has 0 aliphatic heterocycles. The van der Waals surface area contributed by atoms with E-state index in [1.54, 1.807) is 0 Å². The maximum Gasteiger partial charge on any atom is 0.242 e. The van der Waals surface area contributed by atoms with Gasteiger partial charge in [0.15, 0.2) is 9.84 Å². The van der Waals surface area contributed by atoms with E-state index in [1.165, 1.54) is 6.92 Å². The van der Waals surface area contributed by atoms with Gasteiger partial charge in [-0.1, -0.05) is 23.2 Å². The highest BCUT2D eigenvalue weighted by Gasteiger charge is 2.41. The molecular weight excluding hydrogens is 199 g/mol. The van der Waals surface area contributed by atoms with Gasteiger partial charge in [-0.25, -0.2) is 8.42 Å². The Labute approximate surface area is 69.9 Å². The van der Waals surface area contributed by atoms with Crippen LogP contribution in [0.3, 0.4) is 0 Å². The highest BCUT2D eigenvalue weighted by atomic mass is 35.5. The smallest absolute Gasteiger partial charge is 0.242 e. The van der Waals surface area contributed by atoms with Crippen molar-refractivity contribution in [2.45, 2.75) is 16.7 Å². The molecular formula is C4H8Cl2O3S. The van der Waals surface area contributed by atoms with Crippen molar-refractivity contribution in [1.82, 2.24) is 0 Å². The third-order valence-electron chi connectivity index (χ3n) is 0.981. The molecule has 0 rings (SSSR count). The van der Waals surface area contributed by atoms with E-state index in [9.17, 15) is 8.42 Å². The summed E-state index contributed by atoms with van der Waals surface area (Å²) in [5.74, 6) is 0. The Morgan fingerprint density at radius 3 is 1.80 bits per heavy atom. The van der Waals surface area contributed by atoms with Gasteiger partial charge in [0.1, 0.15) is 0 Å². The highest BCUT2D eigenvalue weighted by Crippen LogP contribution is 2.30. The first kappa shape index (κ1) is 10.5. The minimum absolute atomic E-state index is 0.861. The van der Waals surface area contributed by atoms with E-state index in [4.69, 9.17) is 28.3 Å². The monoisotopic (exact) mass is 206 g/mol. The zero-order chi connectivity index (χ0) is 8.58. The maximum atomic E-state index is 10.7. The van der Waals surface area contributed by atoms with Crippen LogP contribution in [0.2, 0.25) is 0 Å². The van der Waals surface area contributed by atoms with Crippen molar-refractivity contribution in [3.8, 4) is 0 Å². The third-order valence-corrected chi connectivity index (χ3v) is 4.62. The summed E-state index contributed by atoms with van der Waals surface area (Å²) in [5, 5.41) is 8.77. The second kappa shape index (κ2) is 2.85. The van der Waals surface area contributed by atoms with Crippen LogP contribution in [-0.2, 0) is 9.84 Å². The molecule has 0 radical (unpaired) electrons. The predicted octanol–water partition coefficient (Wildman–Crippen LogP) is 0.543. The minimum Gasteiger partial charge on any atom is -0.389 e. The average Bonchev–Trinajstić information content (AvgIpc) is 1.62. The summed E-state index contributed by atoms with van der Waals surface area (Å²) in [6.07, 6.45) is -0.439. The summed E-state index contributed by atoms with van der Waals surface area (Å²) in [6.45, 7) is 1.21. The molecule has 0 fully saturated rings. The van der Waals surface area contributed by atoms with E-state index in [0.29, 0.717) is 0 Å². The van der Waals surface area contributed by atoms with Crippen molar-refractivity contribution in [3.63, 3.8) is 0 Å². The molecule has 10 heavy (non-hydrogen) atoms. The molecule has 0 aliphatic rings. The van der Waals surface area contributed by atoms with E-state index >= 15 is 0 Å². The van der Waals surface area contributed by atoms with Gasteiger partial charge in [-0.2, -0.15) is 0 Å². The summed E-state index contributed by atoms with van der Waals surface area (Å²) in [5.41, 5.74) is 0. The molecule has 0 aromatic carbocycles. The minimum atomic E-state index is -3.62. The standard InChI is InChI=1S/C4H8Cl2O3S/c1-3(7)4(5,6)10(2,8)9/h3,7H,1-2H3/t3-/m0/s1. The molecule has 6 heteroatoms. The molecule has 3 nitrogen and oxygen atoms in total. The van der Waals surface area contributed by atoms with E-state index in [-0.39, 0.29) is 0 Å². The fraction of sp³-hybridized carbons (Fsp3) is 1.00. The van der Waals surface area contributed by atoms with E-state index < -0.39 is 19.6 Å². The van der Waals surface area contributed by atoms with Gasteiger partial charge < -0.3 is 5.11 Å². The summed E-state index contributed by atoms with van der Waals surface area (Å²) in [7, 11) is -3.62. The Balaban J connectivity index is 4.76. The zero-order valence-corrected chi connectivity index (χ0v) is 7.83. The average molecular weight is 207 g/mol. The lowest BCUT2D eigenvalue weighted by Crippen LogP contribution is -2.36. The van der Waals surface area contributed by atoms with Crippen LogP contribution >= 0.6 is 23.2 Å². The Bertz CT molecular complexity index is 207. The Morgan fingerprint density at radius 1 is 1.50 bits per heavy atom. The molecule has 0 aromatic rings. The van der Waals surface area contributed by atoms with Crippen molar-refractivity contribution in [1.29, 1.82) is 0 Å². The first-order valence-electron chi connectivity index (χ1n) is 2.45. The SMILES string of the molecule is C[C@H](O)C(Cl)(Cl)S(C)(=O)=O. The third kappa shape index (κ3) is 1.99.